The molecule has 2 heteroatoms. The minimum absolute atomic E-state index is 0. The number of rotatable bonds is 3. The number of aryl methyl sites for hydroxylation is 2. The van der Waals surface area contributed by atoms with E-state index in [9.17, 15) is 0 Å². The number of aromatic nitrogens is 2. The van der Waals surface area contributed by atoms with E-state index in [-0.39, 0.29) is 14.9 Å². The Kier molecular flexibility index (Phi) is 11.0. The lowest BCUT2D eigenvalue weighted by atomic mass is 9.99. The van der Waals surface area contributed by atoms with Crippen LogP contribution in [0.15, 0.2) is 103 Å². The second-order valence-electron chi connectivity index (χ2n) is 10.3. The second kappa shape index (κ2) is 14.2. The van der Waals surface area contributed by atoms with Gasteiger partial charge in [-0.2, -0.15) is 4.57 Å². The minimum atomic E-state index is 0. The van der Waals surface area contributed by atoms with Crippen LogP contribution in [0, 0.1) is 6.92 Å². The first-order valence-electron chi connectivity index (χ1n) is 15.2. The van der Waals surface area contributed by atoms with Gasteiger partial charge in [-0.15, -0.1) is 0 Å². The molecule has 0 spiro atoms. The molecule has 222 valence electrons. The summed E-state index contributed by atoms with van der Waals surface area (Å²) in [6, 6.07) is 38.2. The fourth-order valence-electron chi connectivity index (χ4n) is 5.84. The molecule has 2 aromatic heterocycles. The second-order valence-corrected chi connectivity index (χ2v) is 10.3. The molecule has 0 saturated carbocycles. The van der Waals surface area contributed by atoms with Crippen molar-refractivity contribution in [2.24, 2.45) is 0 Å². The molecule has 7 rings (SSSR count). The maximum absolute atomic E-state index is 4.94. The highest BCUT2D eigenvalue weighted by atomic mass is 15.0. The lowest BCUT2D eigenvalue weighted by molar-refractivity contribution is -0.668. The van der Waals surface area contributed by atoms with Gasteiger partial charge in [-0.1, -0.05) is 97.5 Å². The number of hydrogen-bond donors (Lipinski definition) is 0. The molecule has 2 nitrogen and oxygen atoms in total. The van der Waals surface area contributed by atoms with Crippen LogP contribution in [-0.2, 0) is 6.42 Å². The van der Waals surface area contributed by atoms with E-state index in [1.807, 2.05) is 27.7 Å². The zero-order chi connectivity index (χ0) is 29.1. The van der Waals surface area contributed by atoms with Crippen LogP contribution in [0.25, 0.3) is 55.4 Å². The Labute approximate surface area is 260 Å². The number of fused-ring (bicyclic) bond motifs is 6. The first-order chi connectivity index (χ1) is 20.1. The number of nitrogens with zero attached hydrogens (tertiary/aromatic N) is 2. The Morgan fingerprint density at radius 1 is 0.651 bits per heavy atom. The van der Waals surface area contributed by atoms with E-state index in [1.165, 1.54) is 50.0 Å². The highest BCUT2D eigenvalue weighted by molar-refractivity contribution is 5.89. The van der Waals surface area contributed by atoms with Gasteiger partial charge in [-0.25, -0.2) is 4.98 Å². The van der Waals surface area contributed by atoms with Gasteiger partial charge in [0.1, 0.15) is 0 Å². The third kappa shape index (κ3) is 6.11. The van der Waals surface area contributed by atoms with Crippen LogP contribution in [-0.4, -0.2) is 4.98 Å². The molecule has 3 heterocycles. The lowest BCUT2D eigenvalue weighted by Gasteiger charge is -2.09. The van der Waals surface area contributed by atoms with Crippen LogP contribution in [0.1, 0.15) is 79.1 Å². The van der Waals surface area contributed by atoms with Gasteiger partial charge in [0.2, 0.25) is 11.2 Å². The molecular formula is C41H49N2+. The van der Waals surface area contributed by atoms with Crippen molar-refractivity contribution in [1.29, 1.82) is 0 Å². The Balaban J connectivity index is 0.000000812. The Bertz CT molecular complexity index is 1830. The van der Waals surface area contributed by atoms with Gasteiger partial charge < -0.3 is 0 Å². The van der Waals surface area contributed by atoms with Crippen LogP contribution in [0.5, 0.6) is 0 Å². The van der Waals surface area contributed by atoms with Gasteiger partial charge in [0.15, 0.2) is 6.04 Å². The van der Waals surface area contributed by atoms with E-state index in [2.05, 4.69) is 128 Å². The molecule has 0 N–H and O–H groups in total. The Hall–Kier alpha value is -4.30. The first-order valence-corrected chi connectivity index (χ1v) is 15.2. The topological polar surface area (TPSA) is 16.8 Å². The van der Waals surface area contributed by atoms with Crippen molar-refractivity contribution in [3.05, 3.63) is 120 Å². The van der Waals surface area contributed by atoms with Gasteiger partial charge in [-0.3, -0.25) is 0 Å². The third-order valence-corrected chi connectivity index (χ3v) is 7.97. The largest absolute Gasteiger partial charge is 0.248 e. The maximum atomic E-state index is 4.94. The Morgan fingerprint density at radius 3 is 1.98 bits per heavy atom. The summed E-state index contributed by atoms with van der Waals surface area (Å²) in [5, 5.41) is 2.43. The molecule has 6 aromatic rings. The molecule has 1 unspecified atom stereocenters. The predicted octanol–water partition coefficient (Wildman–Crippen LogP) is 11.8. The quantitative estimate of drug-likeness (QED) is 0.194. The first kappa shape index (κ1) is 33.2. The monoisotopic (exact) mass is 569 g/mol. The molecule has 1 aliphatic heterocycles. The van der Waals surface area contributed by atoms with Gasteiger partial charge >= 0.3 is 0 Å². The molecule has 0 radical (unpaired) electrons. The zero-order valence-corrected chi connectivity index (χ0v) is 25.5. The fraction of sp³-hybridized carbons (Fsp3) is 0.268. The minimum Gasteiger partial charge on any atom is -0.248 e. The molecule has 4 aromatic carbocycles. The highest BCUT2D eigenvalue weighted by Gasteiger charge is 2.35. The SMILES string of the molecule is C.C.CC.CC.CCc1ccc2c(c1)C(C)[n+]1c-2ccc2cc(-c3ccc4nc(-c5ccc(C)cc5)ccc4c3)ccc21. The van der Waals surface area contributed by atoms with Crippen molar-refractivity contribution < 1.29 is 4.57 Å². The van der Waals surface area contributed by atoms with Crippen molar-refractivity contribution in [1.82, 2.24) is 4.98 Å². The molecule has 0 fully saturated rings. The average Bonchev–Trinajstić information content (AvgIpc) is 3.33. The molecule has 43 heavy (non-hydrogen) atoms. The average molecular weight is 570 g/mol. The van der Waals surface area contributed by atoms with Crippen molar-refractivity contribution >= 4 is 21.8 Å². The van der Waals surface area contributed by atoms with E-state index in [4.69, 9.17) is 4.98 Å². The molecular weight excluding hydrogens is 520 g/mol. The van der Waals surface area contributed by atoms with E-state index < -0.39 is 0 Å². The zero-order valence-electron chi connectivity index (χ0n) is 25.5. The van der Waals surface area contributed by atoms with E-state index >= 15 is 0 Å². The van der Waals surface area contributed by atoms with Crippen LogP contribution >= 0.6 is 0 Å². The van der Waals surface area contributed by atoms with Gasteiger partial charge in [0, 0.05) is 41.0 Å². The van der Waals surface area contributed by atoms with Gasteiger partial charge in [-0.05, 0) is 78.6 Å². The van der Waals surface area contributed by atoms with Crippen molar-refractivity contribution in [3.8, 4) is 33.6 Å². The summed E-state index contributed by atoms with van der Waals surface area (Å²) in [5.74, 6) is 0. The van der Waals surface area contributed by atoms with Crippen molar-refractivity contribution in [3.63, 3.8) is 0 Å². The lowest BCUT2D eigenvalue weighted by Crippen LogP contribution is -2.37. The number of benzene rings is 4. The smallest absolute Gasteiger partial charge is 0.214 e. The molecule has 0 saturated heterocycles. The van der Waals surface area contributed by atoms with Crippen molar-refractivity contribution in [2.45, 2.75) is 75.8 Å². The molecule has 1 atom stereocenters. The predicted molar refractivity (Wildman–Crippen MR) is 190 cm³/mol. The van der Waals surface area contributed by atoms with Crippen LogP contribution < -0.4 is 4.57 Å². The number of hydrogen-bond acceptors (Lipinski definition) is 1. The van der Waals surface area contributed by atoms with Crippen LogP contribution in [0.4, 0.5) is 0 Å². The number of pyridine rings is 2. The molecule has 1 aliphatic rings. The standard InChI is InChI=1S/C35H29N2.2C2H6.2CH4/c1-4-24-7-14-30-31(19-24)23(3)37-34-17-12-27(21-29(34)13-18-35(30)37)26-10-15-33-28(20-26)11-16-32(36-33)25-8-5-22(2)6-9-25;2*1-2;;/h5-21,23H,4H2,1-3H3;2*1-2H3;2*1H4/q+1;;;;. The molecule has 0 aliphatic carbocycles. The summed E-state index contributed by atoms with van der Waals surface area (Å²) in [7, 11) is 0. The molecule has 0 bridgehead atoms. The summed E-state index contributed by atoms with van der Waals surface area (Å²) >= 11 is 0. The van der Waals surface area contributed by atoms with E-state index in [0.29, 0.717) is 6.04 Å². The van der Waals surface area contributed by atoms with Crippen molar-refractivity contribution in [2.75, 3.05) is 0 Å². The van der Waals surface area contributed by atoms with Gasteiger partial charge in [0.05, 0.1) is 16.8 Å². The van der Waals surface area contributed by atoms with E-state index in [1.54, 1.807) is 0 Å². The summed E-state index contributed by atoms with van der Waals surface area (Å²) in [5.41, 5.74) is 13.7. The van der Waals surface area contributed by atoms with Gasteiger partial charge in [0.25, 0.3) is 0 Å². The summed E-state index contributed by atoms with van der Waals surface area (Å²) in [4.78, 5) is 4.94. The van der Waals surface area contributed by atoms with Crippen LogP contribution in [0.2, 0.25) is 0 Å². The third-order valence-electron chi connectivity index (χ3n) is 7.97. The molecule has 0 amide bonds. The fourth-order valence-corrected chi connectivity index (χ4v) is 5.84. The summed E-state index contributed by atoms with van der Waals surface area (Å²) in [6.07, 6.45) is 1.07. The van der Waals surface area contributed by atoms with Crippen LogP contribution in [0.3, 0.4) is 0 Å². The highest BCUT2D eigenvalue weighted by Crippen LogP contribution is 2.37. The van der Waals surface area contributed by atoms with E-state index in [0.717, 1.165) is 28.6 Å². The summed E-state index contributed by atoms with van der Waals surface area (Å²) < 4.78 is 2.50. The maximum Gasteiger partial charge on any atom is 0.214 e. The Morgan fingerprint density at radius 2 is 1.28 bits per heavy atom. The summed E-state index contributed by atoms with van der Waals surface area (Å²) in [6.45, 7) is 14.7. The normalized spacial score (nSPS) is 12.5.